The second kappa shape index (κ2) is 8.40. The summed E-state index contributed by atoms with van der Waals surface area (Å²) in [6.07, 6.45) is 3.14. The van der Waals surface area contributed by atoms with Crippen molar-refractivity contribution >= 4 is 23.5 Å². The molecule has 1 aromatic heterocycles. The summed E-state index contributed by atoms with van der Waals surface area (Å²) in [5, 5.41) is 5.24. The van der Waals surface area contributed by atoms with E-state index in [1.807, 2.05) is 42.8 Å². The van der Waals surface area contributed by atoms with Crippen LogP contribution in [0.3, 0.4) is 0 Å². The van der Waals surface area contributed by atoms with Crippen molar-refractivity contribution in [3.05, 3.63) is 87.5 Å². The van der Waals surface area contributed by atoms with Crippen LogP contribution >= 0.6 is 11.6 Å². The molecule has 0 aliphatic rings. The van der Waals surface area contributed by atoms with Crippen molar-refractivity contribution in [2.24, 2.45) is 0 Å². The molecule has 0 aliphatic carbocycles. The van der Waals surface area contributed by atoms with E-state index in [-0.39, 0.29) is 17.1 Å². The normalized spacial score (nSPS) is 11.2. The first-order valence-electron chi connectivity index (χ1n) is 8.74. The summed E-state index contributed by atoms with van der Waals surface area (Å²) in [5.41, 5.74) is 3.80. The van der Waals surface area contributed by atoms with Crippen LogP contribution < -0.4 is 4.74 Å². The van der Waals surface area contributed by atoms with Crippen LogP contribution in [0.25, 0.3) is 6.08 Å². The third-order valence-corrected chi connectivity index (χ3v) is 4.92. The fourth-order valence-electron chi connectivity index (χ4n) is 2.97. The molecule has 0 saturated heterocycles. The third-order valence-electron chi connectivity index (χ3n) is 4.55. The van der Waals surface area contributed by atoms with Gasteiger partial charge in [0.2, 0.25) is 0 Å². The minimum atomic E-state index is -0.568. The number of carbonyl (C=O) groups excluding carboxylic acids is 1. The number of halogens is 2. The van der Waals surface area contributed by atoms with Crippen molar-refractivity contribution in [3.63, 3.8) is 0 Å². The largest absolute Gasteiger partial charge is 0.494 e. The molecule has 0 unspecified atom stereocenters. The molecule has 144 valence electrons. The molecule has 0 atom stereocenters. The van der Waals surface area contributed by atoms with E-state index in [0.717, 1.165) is 22.5 Å². The number of ether oxygens (including phenoxy) is 1. The Kier molecular flexibility index (Phi) is 5.95. The van der Waals surface area contributed by atoms with Gasteiger partial charge in [-0.25, -0.2) is 4.39 Å². The molecule has 3 rings (SSSR count). The van der Waals surface area contributed by atoms with Gasteiger partial charge in [0, 0.05) is 21.8 Å². The molecule has 0 bridgehead atoms. The van der Waals surface area contributed by atoms with Crippen LogP contribution in [0.2, 0.25) is 5.02 Å². The monoisotopic (exact) mass is 398 g/mol. The molecule has 4 nitrogen and oxygen atoms in total. The van der Waals surface area contributed by atoms with Gasteiger partial charge >= 0.3 is 0 Å². The van der Waals surface area contributed by atoms with Gasteiger partial charge in [-0.1, -0.05) is 29.8 Å². The van der Waals surface area contributed by atoms with E-state index in [1.165, 1.54) is 31.4 Å². The van der Waals surface area contributed by atoms with Crippen LogP contribution in [-0.4, -0.2) is 22.7 Å². The summed E-state index contributed by atoms with van der Waals surface area (Å²) < 4.78 is 20.6. The van der Waals surface area contributed by atoms with E-state index in [2.05, 4.69) is 5.10 Å². The molecule has 1 heterocycles. The summed E-state index contributed by atoms with van der Waals surface area (Å²) in [4.78, 5) is 12.4. The lowest BCUT2D eigenvalue weighted by Crippen LogP contribution is -2.04. The number of ketones is 1. The van der Waals surface area contributed by atoms with E-state index in [9.17, 15) is 9.18 Å². The SMILES string of the molecule is COc1ccc(C(=O)/C=C/c2c(C)nn(Cc3ccccc3Cl)c2C)cc1F. The molecule has 6 heteroatoms. The molecule has 28 heavy (non-hydrogen) atoms. The van der Waals surface area contributed by atoms with Crippen LogP contribution in [0.5, 0.6) is 5.75 Å². The lowest BCUT2D eigenvalue weighted by Gasteiger charge is -2.06. The number of carbonyl (C=O) groups is 1. The van der Waals surface area contributed by atoms with Gasteiger partial charge in [0.05, 0.1) is 19.3 Å². The van der Waals surface area contributed by atoms with Gasteiger partial charge in [-0.05, 0) is 55.8 Å². The maximum absolute atomic E-state index is 13.8. The number of hydrogen-bond acceptors (Lipinski definition) is 3. The average Bonchev–Trinajstić information content (AvgIpc) is 2.94. The summed E-state index contributed by atoms with van der Waals surface area (Å²) in [6, 6.07) is 11.8. The molecular formula is C22H20ClFN2O2. The third kappa shape index (κ3) is 4.15. The number of nitrogens with zero attached hydrogens (tertiary/aromatic N) is 2. The minimum absolute atomic E-state index is 0.105. The Bertz CT molecular complexity index is 1060. The van der Waals surface area contributed by atoms with E-state index >= 15 is 0 Å². The first kappa shape index (κ1) is 19.8. The van der Waals surface area contributed by atoms with Crippen molar-refractivity contribution in [1.29, 1.82) is 0 Å². The highest BCUT2D eigenvalue weighted by atomic mass is 35.5. The van der Waals surface area contributed by atoms with E-state index in [0.29, 0.717) is 11.6 Å². The Morgan fingerprint density at radius 3 is 2.68 bits per heavy atom. The van der Waals surface area contributed by atoms with Gasteiger partial charge < -0.3 is 4.74 Å². The first-order chi connectivity index (χ1) is 13.4. The molecule has 0 aliphatic heterocycles. The minimum Gasteiger partial charge on any atom is -0.494 e. The molecule has 3 aromatic rings. The number of hydrogen-bond donors (Lipinski definition) is 0. The van der Waals surface area contributed by atoms with Gasteiger partial charge in [-0.2, -0.15) is 5.10 Å². The maximum atomic E-state index is 13.8. The summed E-state index contributed by atoms with van der Waals surface area (Å²) in [7, 11) is 1.38. The zero-order chi connectivity index (χ0) is 20.3. The lowest BCUT2D eigenvalue weighted by molar-refractivity contribution is 0.104. The number of aromatic nitrogens is 2. The fraction of sp³-hybridized carbons (Fsp3) is 0.182. The topological polar surface area (TPSA) is 44.1 Å². The van der Waals surface area contributed by atoms with Crippen LogP contribution in [0.15, 0.2) is 48.5 Å². The van der Waals surface area contributed by atoms with Gasteiger partial charge in [0.15, 0.2) is 17.3 Å². The molecule has 0 spiro atoms. The number of benzene rings is 2. The van der Waals surface area contributed by atoms with Gasteiger partial charge in [0.25, 0.3) is 0 Å². The van der Waals surface area contributed by atoms with Gasteiger partial charge in [-0.15, -0.1) is 0 Å². The second-order valence-corrected chi connectivity index (χ2v) is 6.79. The zero-order valence-corrected chi connectivity index (χ0v) is 16.6. The van der Waals surface area contributed by atoms with Gasteiger partial charge in [0.1, 0.15) is 0 Å². The van der Waals surface area contributed by atoms with Crippen LogP contribution in [0.1, 0.15) is 32.9 Å². The Labute approximate surface area is 168 Å². The van der Waals surface area contributed by atoms with E-state index in [1.54, 1.807) is 6.08 Å². The highest BCUT2D eigenvalue weighted by molar-refractivity contribution is 6.31. The number of rotatable bonds is 6. The van der Waals surface area contributed by atoms with Crippen LogP contribution in [-0.2, 0) is 6.54 Å². The standard InChI is InChI=1S/C22H20ClFN2O2/c1-14-18(9-10-21(27)16-8-11-22(28-3)20(24)12-16)15(2)26(25-14)13-17-6-4-5-7-19(17)23/h4-12H,13H2,1-3H3/b10-9+. The summed E-state index contributed by atoms with van der Waals surface area (Å²) in [6.45, 7) is 4.36. The smallest absolute Gasteiger partial charge is 0.185 e. The molecule has 2 aromatic carbocycles. The Hall–Kier alpha value is -2.92. The predicted octanol–water partition coefficient (Wildman–Crippen LogP) is 5.25. The number of aryl methyl sites for hydroxylation is 1. The first-order valence-corrected chi connectivity index (χ1v) is 9.12. The van der Waals surface area contributed by atoms with Crippen LogP contribution in [0, 0.1) is 19.7 Å². The fourth-order valence-corrected chi connectivity index (χ4v) is 3.16. The number of methoxy groups -OCH3 is 1. The summed E-state index contributed by atoms with van der Waals surface area (Å²) >= 11 is 6.24. The highest BCUT2D eigenvalue weighted by Gasteiger charge is 2.12. The zero-order valence-electron chi connectivity index (χ0n) is 15.9. The lowest BCUT2D eigenvalue weighted by atomic mass is 10.1. The van der Waals surface area contributed by atoms with Crippen LogP contribution in [0.4, 0.5) is 4.39 Å². The molecule has 0 N–H and O–H groups in total. The predicted molar refractivity (Wildman–Crippen MR) is 109 cm³/mol. The molecule has 0 saturated carbocycles. The van der Waals surface area contributed by atoms with Crippen molar-refractivity contribution in [1.82, 2.24) is 9.78 Å². The Morgan fingerprint density at radius 1 is 1.25 bits per heavy atom. The quantitative estimate of drug-likeness (QED) is 0.421. The Balaban J connectivity index is 1.82. The molecular weight excluding hydrogens is 379 g/mol. The highest BCUT2D eigenvalue weighted by Crippen LogP contribution is 2.21. The summed E-state index contributed by atoms with van der Waals surface area (Å²) in [5.74, 6) is -0.756. The van der Waals surface area contributed by atoms with Crippen molar-refractivity contribution in [2.45, 2.75) is 20.4 Å². The van der Waals surface area contributed by atoms with Crippen molar-refractivity contribution in [2.75, 3.05) is 7.11 Å². The van der Waals surface area contributed by atoms with Crippen molar-refractivity contribution in [3.8, 4) is 5.75 Å². The van der Waals surface area contributed by atoms with Crippen molar-refractivity contribution < 1.29 is 13.9 Å². The average molecular weight is 399 g/mol. The molecule has 0 fully saturated rings. The second-order valence-electron chi connectivity index (χ2n) is 6.38. The molecule has 0 radical (unpaired) electrons. The Morgan fingerprint density at radius 2 is 2.00 bits per heavy atom. The van der Waals surface area contributed by atoms with E-state index in [4.69, 9.17) is 16.3 Å². The maximum Gasteiger partial charge on any atom is 0.185 e. The number of allylic oxidation sites excluding steroid dienone is 1. The van der Waals surface area contributed by atoms with E-state index < -0.39 is 5.82 Å². The van der Waals surface area contributed by atoms with Gasteiger partial charge in [-0.3, -0.25) is 9.48 Å². The molecule has 0 amide bonds.